The van der Waals surface area contributed by atoms with Crippen LogP contribution in [0, 0.1) is 7.14 Å². The maximum atomic E-state index is 11.7. The molecule has 1 rings (SSSR count). The third-order valence-corrected chi connectivity index (χ3v) is 4.46. The van der Waals surface area contributed by atoms with Crippen molar-refractivity contribution in [1.29, 1.82) is 0 Å². The van der Waals surface area contributed by atoms with E-state index in [9.17, 15) is 9.59 Å². The first-order chi connectivity index (χ1) is 10.2. The fourth-order valence-corrected chi connectivity index (χ4v) is 3.94. The molecular weight excluding hydrogens is 514 g/mol. The van der Waals surface area contributed by atoms with Crippen LogP contribution in [0.3, 0.4) is 0 Å². The van der Waals surface area contributed by atoms with Crippen LogP contribution in [-0.2, 0) is 14.3 Å². The molecule has 0 aliphatic heterocycles. The quantitative estimate of drug-likeness (QED) is 0.250. The maximum Gasteiger partial charge on any atom is 0.333 e. The highest BCUT2D eigenvalue weighted by Crippen LogP contribution is 2.41. The van der Waals surface area contributed by atoms with E-state index in [0.717, 1.165) is 3.57 Å². The number of rotatable bonds is 5. The van der Waals surface area contributed by atoms with Crippen LogP contribution < -0.4 is 9.47 Å². The predicted molar refractivity (Wildman–Crippen MR) is 99.1 cm³/mol. The minimum absolute atomic E-state index is 0.304. The van der Waals surface area contributed by atoms with E-state index >= 15 is 0 Å². The van der Waals surface area contributed by atoms with E-state index in [1.165, 1.54) is 6.92 Å². The fraction of sp³-hybridized carbons (Fsp3) is 0.333. The Kier molecular flexibility index (Phi) is 7.10. The second-order valence-electron chi connectivity index (χ2n) is 4.55. The van der Waals surface area contributed by atoms with Crippen LogP contribution in [0.5, 0.6) is 11.5 Å². The number of benzene rings is 1. The van der Waals surface area contributed by atoms with Gasteiger partial charge in [-0.2, -0.15) is 0 Å². The maximum absolute atomic E-state index is 11.7. The molecule has 0 aromatic heterocycles. The van der Waals surface area contributed by atoms with Crippen LogP contribution in [0.2, 0.25) is 0 Å². The fourth-order valence-electron chi connectivity index (χ4n) is 1.66. The molecule has 1 aromatic carbocycles. The molecule has 0 heterocycles. The van der Waals surface area contributed by atoms with Gasteiger partial charge in [-0.05, 0) is 65.1 Å². The lowest BCUT2D eigenvalue weighted by Crippen LogP contribution is -2.13. The van der Waals surface area contributed by atoms with Crippen molar-refractivity contribution in [3.63, 3.8) is 0 Å². The third kappa shape index (κ3) is 4.58. The molecule has 1 unspecified atom stereocenters. The van der Waals surface area contributed by atoms with E-state index in [2.05, 4.69) is 29.2 Å². The average Bonchev–Trinajstić information content (AvgIpc) is 2.41. The molecule has 1 aromatic rings. The number of carbonyl (C=O) groups excluding carboxylic acids is 2. The van der Waals surface area contributed by atoms with E-state index in [-0.39, 0.29) is 0 Å². The molecule has 0 spiro atoms. The van der Waals surface area contributed by atoms with Crippen LogP contribution >= 0.6 is 45.2 Å². The molecule has 0 bridgehead atoms. The Bertz CT molecular complexity index is 625. The molecule has 0 aliphatic rings. The van der Waals surface area contributed by atoms with Crippen LogP contribution in [0.4, 0.5) is 0 Å². The second-order valence-corrected chi connectivity index (χ2v) is 6.79. The van der Waals surface area contributed by atoms with Gasteiger partial charge in [0.2, 0.25) is 0 Å². The van der Waals surface area contributed by atoms with Crippen LogP contribution in [0.15, 0.2) is 18.2 Å². The van der Waals surface area contributed by atoms with Crippen molar-refractivity contribution in [1.82, 2.24) is 0 Å². The summed E-state index contributed by atoms with van der Waals surface area (Å²) in [6.45, 7) is 8.15. The van der Waals surface area contributed by atoms with Gasteiger partial charge in [0.05, 0.1) is 14.3 Å². The predicted octanol–water partition coefficient (Wildman–Crippen LogP) is 4.01. The van der Waals surface area contributed by atoms with E-state index in [1.807, 2.05) is 22.6 Å². The van der Waals surface area contributed by atoms with Crippen LogP contribution in [-0.4, -0.2) is 19.0 Å². The van der Waals surface area contributed by atoms with Crippen molar-refractivity contribution < 1.29 is 23.8 Å². The van der Waals surface area contributed by atoms with Gasteiger partial charge in [-0.1, -0.05) is 6.58 Å². The Morgan fingerprint density at radius 1 is 1.23 bits per heavy atom. The highest BCUT2D eigenvalue weighted by molar-refractivity contribution is 14.1. The van der Waals surface area contributed by atoms with Gasteiger partial charge < -0.3 is 14.2 Å². The van der Waals surface area contributed by atoms with Gasteiger partial charge in [-0.25, -0.2) is 4.79 Å². The molecule has 0 radical (unpaired) electrons. The summed E-state index contributed by atoms with van der Waals surface area (Å²) in [6.07, 6.45) is -0.591. The molecule has 22 heavy (non-hydrogen) atoms. The van der Waals surface area contributed by atoms with Gasteiger partial charge in [0.15, 0.2) is 5.75 Å². The molecule has 0 fully saturated rings. The first-order valence-electron chi connectivity index (χ1n) is 6.29. The molecular formula is C15H16I2O5. The minimum atomic E-state index is -0.591. The minimum Gasteiger partial charge on any atom is -0.494 e. The van der Waals surface area contributed by atoms with E-state index in [4.69, 9.17) is 14.2 Å². The Morgan fingerprint density at radius 3 is 2.27 bits per heavy atom. The molecule has 120 valence electrons. The first kappa shape index (κ1) is 19.2. The number of carbonyl (C=O) groups is 2. The van der Waals surface area contributed by atoms with E-state index in [1.54, 1.807) is 27.0 Å². The number of ether oxygens (including phenoxy) is 3. The number of hydrogen-bond donors (Lipinski definition) is 0. The van der Waals surface area contributed by atoms with Crippen molar-refractivity contribution in [3.8, 4) is 11.5 Å². The zero-order valence-electron chi connectivity index (χ0n) is 12.7. The SMILES string of the molecule is C=C(C)C(=O)OC(C)c1cc(I)c(OC)c(I)c1OC(C)=O. The lowest BCUT2D eigenvalue weighted by Gasteiger charge is -2.20. The highest BCUT2D eigenvalue weighted by atomic mass is 127. The monoisotopic (exact) mass is 530 g/mol. The molecule has 0 aliphatic carbocycles. The lowest BCUT2D eigenvalue weighted by molar-refractivity contribution is -0.143. The second kappa shape index (κ2) is 8.14. The molecule has 0 N–H and O–H groups in total. The Morgan fingerprint density at radius 2 is 1.82 bits per heavy atom. The zero-order valence-corrected chi connectivity index (χ0v) is 17.0. The van der Waals surface area contributed by atoms with Crippen molar-refractivity contribution in [2.24, 2.45) is 0 Å². The smallest absolute Gasteiger partial charge is 0.333 e. The summed E-state index contributed by atoms with van der Waals surface area (Å²) in [7, 11) is 1.54. The lowest BCUT2D eigenvalue weighted by atomic mass is 10.1. The van der Waals surface area contributed by atoms with Gasteiger partial charge in [-0.3, -0.25) is 4.79 Å². The van der Waals surface area contributed by atoms with Gasteiger partial charge in [-0.15, -0.1) is 0 Å². The van der Waals surface area contributed by atoms with E-state index in [0.29, 0.717) is 26.2 Å². The van der Waals surface area contributed by atoms with E-state index < -0.39 is 18.0 Å². The molecule has 5 nitrogen and oxygen atoms in total. The molecule has 0 saturated carbocycles. The third-order valence-electron chi connectivity index (χ3n) is 2.68. The van der Waals surface area contributed by atoms with Crippen LogP contribution in [0.1, 0.15) is 32.4 Å². The first-order valence-corrected chi connectivity index (χ1v) is 8.45. The number of esters is 2. The zero-order chi connectivity index (χ0) is 17.0. The highest BCUT2D eigenvalue weighted by Gasteiger charge is 2.24. The summed E-state index contributed by atoms with van der Waals surface area (Å²) < 4.78 is 17.4. The van der Waals surface area contributed by atoms with Crippen molar-refractivity contribution in [3.05, 3.63) is 30.9 Å². The normalized spacial score (nSPS) is 11.5. The summed E-state index contributed by atoms with van der Waals surface area (Å²) in [5.41, 5.74) is 0.901. The van der Waals surface area contributed by atoms with Crippen molar-refractivity contribution in [2.75, 3.05) is 7.11 Å². The van der Waals surface area contributed by atoms with Gasteiger partial charge in [0, 0.05) is 18.1 Å². The molecule has 7 heteroatoms. The largest absolute Gasteiger partial charge is 0.494 e. The summed E-state index contributed by atoms with van der Waals surface area (Å²) in [6, 6.07) is 1.77. The van der Waals surface area contributed by atoms with Gasteiger partial charge >= 0.3 is 11.9 Å². The number of halogens is 2. The Hall–Kier alpha value is -0.840. The topological polar surface area (TPSA) is 61.8 Å². The standard InChI is InChI=1S/C15H16I2O5/c1-7(2)15(19)21-8(3)10-6-11(16)14(20-5)12(17)13(10)22-9(4)18/h6,8H,1H2,2-5H3. The number of methoxy groups -OCH3 is 1. The van der Waals surface area contributed by atoms with Gasteiger partial charge in [0.1, 0.15) is 11.9 Å². The molecule has 0 amide bonds. The molecule has 1 atom stereocenters. The summed E-state index contributed by atoms with van der Waals surface area (Å²) >= 11 is 4.16. The van der Waals surface area contributed by atoms with Crippen LogP contribution in [0.25, 0.3) is 0 Å². The van der Waals surface area contributed by atoms with Crippen molar-refractivity contribution in [2.45, 2.75) is 26.9 Å². The molecule has 0 saturated heterocycles. The summed E-state index contributed by atoms with van der Waals surface area (Å²) in [5, 5.41) is 0. The summed E-state index contributed by atoms with van der Waals surface area (Å²) in [5.74, 6) is -0.00465. The van der Waals surface area contributed by atoms with Gasteiger partial charge in [0.25, 0.3) is 0 Å². The Labute approximate surface area is 156 Å². The Balaban J connectivity index is 3.35. The average molecular weight is 530 g/mol. The summed E-state index contributed by atoms with van der Waals surface area (Å²) in [4.78, 5) is 23.1. The number of hydrogen-bond acceptors (Lipinski definition) is 5. The van der Waals surface area contributed by atoms with Crippen molar-refractivity contribution >= 4 is 57.1 Å².